The number of carbonyl (C=O) groups is 1. The lowest BCUT2D eigenvalue weighted by Crippen LogP contribution is -2.37. The van der Waals surface area contributed by atoms with Crippen molar-refractivity contribution in [2.24, 2.45) is 10.8 Å². The zero-order chi connectivity index (χ0) is 27.6. The second-order valence-electron chi connectivity index (χ2n) is 12.9. The Kier molecular flexibility index (Phi) is 5.80. The summed E-state index contributed by atoms with van der Waals surface area (Å²) in [6.07, 6.45) is 5.14. The van der Waals surface area contributed by atoms with Crippen molar-refractivity contribution in [2.75, 3.05) is 6.54 Å². The van der Waals surface area contributed by atoms with Crippen LogP contribution in [0.3, 0.4) is 0 Å². The summed E-state index contributed by atoms with van der Waals surface area (Å²) in [4.78, 5) is 20.6. The molecule has 2 fully saturated rings. The molecule has 5 aromatic rings. The Balaban J connectivity index is 1.27. The molecule has 1 aromatic heterocycles. The SMILES string of the molecule is CC1(C)C[C@@H]2C[C@@](C)(CN2C(=O)c2ccc(-c3ccc(-c4cccc5cccnc45)c4ccccc34)cc2Cl)C1. The van der Waals surface area contributed by atoms with Crippen LogP contribution in [0.25, 0.3) is 43.9 Å². The molecule has 0 radical (unpaired) electrons. The highest BCUT2D eigenvalue weighted by Crippen LogP contribution is 2.53. The molecular formula is C36H33ClN2O. The summed E-state index contributed by atoms with van der Waals surface area (Å²) in [5, 5.41) is 3.95. The first-order chi connectivity index (χ1) is 19.2. The maximum atomic E-state index is 13.8. The summed E-state index contributed by atoms with van der Waals surface area (Å²) in [5.74, 6) is 0.0617. The maximum absolute atomic E-state index is 13.8. The number of benzene rings is 4. The van der Waals surface area contributed by atoms with Crippen molar-refractivity contribution in [2.45, 2.75) is 46.1 Å². The number of hydrogen-bond acceptors (Lipinski definition) is 2. The normalized spacial score (nSPS) is 21.7. The van der Waals surface area contributed by atoms with Gasteiger partial charge in [-0.1, -0.05) is 99.1 Å². The van der Waals surface area contributed by atoms with E-state index in [-0.39, 0.29) is 22.8 Å². The van der Waals surface area contributed by atoms with Gasteiger partial charge in [0.1, 0.15) is 0 Å². The van der Waals surface area contributed by atoms with E-state index in [1.807, 2.05) is 30.5 Å². The molecule has 4 aromatic carbocycles. The first kappa shape index (κ1) is 25.3. The third-order valence-electron chi connectivity index (χ3n) is 9.03. The molecule has 4 heteroatoms. The van der Waals surface area contributed by atoms with Crippen LogP contribution < -0.4 is 0 Å². The quantitative estimate of drug-likeness (QED) is 0.226. The van der Waals surface area contributed by atoms with Gasteiger partial charge in [0.2, 0.25) is 0 Å². The minimum absolute atomic E-state index is 0.0617. The van der Waals surface area contributed by atoms with Gasteiger partial charge in [-0.2, -0.15) is 0 Å². The smallest absolute Gasteiger partial charge is 0.255 e. The van der Waals surface area contributed by atoms with E-state index in [0.717, 1.165) is 69.7 Å². The molecule has 40 heavy (non-hydrogen) atoms. The Morgan fingerprint density at radius 3 is 2.40 bits per heavy atom. The number of aromatic nitrogens is 1. The third-order valence-corrected chi connectivity index (χ3v) is 9.35. The van der Waals surface area contributed by atoms with Crippen LogP contribution in [-0.2, 0) is 0 Å². The van der Waals surface area contributed by atoms with Gasteiger partial charge in [0.05, 0.1) is 16.1 Å². The Bertz CT molecular complexity index is 1800. The molecule has 7 rings (SSSR count). The molecule has 1 aliphatic heterocycles. The van der Waals surface area contributed by atoms with E-state index >= 15 is 0 Å². The molecule has 0 N–H and O–H groups in total. The highest BCUT2D eigenvalue weighted by atomic mass is 35.5. The topological polar surface area (TPSA) is 33.2 Å². The van der Waals surface area contributed by atoms with Crippen molar-refractivity contribution in [1.29, 1.82) is 0 Å². The van der Waals surface area contributed by atoms with E-state index < -0.39 is 0 Å². The fraction of sp³-hybridized carbons (Fsp3) is 0.278. The summed E-state index contributed by atoms with van der Waals surface area (Å²) < 4.78 is 0. The molecule has 2 aliphatic rings. The van der Waals surface area contributed by atoms with Gasteiger partial charge in [0, 0.05) is 29.7 Å². The van der Waals surface area contributed by atoms with E-state index in [1.165, 1.54) is 0 Å². The lowest BCUT2D eigenvalue weighted by Gasteiger charge is -2.39. The summed E-state index contributed by atoms with van der Waals surface area (Å²) in [5.41, 5.74) is 6.42. The number of hydrogen-bond donors (Lipinski definition) is 0. The van der Waals surface area contributed by atoms with E-state index in [9.17, 15) is 4.79 Å². The molecule has 2 bridgehead atoms. The van der Waals surface area contributed by atoms with Crippen LogP contribution in [0.1, 0.15) is 50.4 Å². The molecule has 1 saturated carbocycles. The number of halogens is 1. The van der Waals surface area contributed by atoms with E-state index in [4.69, 9.17) is 16.6 Å². The Labute approximate surface area is 240 Å². The number of carbonyl (C=O) groups excluding carboxylic acids is 1. The molecule has 0 unspecified atom stereocenters. The van der Waals surface area contributed by atoms with E-state index in [1.54, 1.807) is 0 Å². The predicted molar refractivity (Wildman–Crippen MR) is 166 cm³/mol. The lowest BCUT2D eigenvalue weighted by atomic mass is 9.65. The summed E-state index contributed by atoms with van der Waals surface area (Å²) in [6.45, 7) is 7.81. The van der Waals surface area contributed by atoms with Gasteiger partial charge in [0.25, 0.3) is 5.91 Å². The van der Waals surface area contributed by atoms with Gasteiger partial charge in [-0.25, -0.2) is 0 Å². The molecule has 0 spiro atoms. The Morgan fingerprint density at radius 1 is 0.850 bits per heavy atom. The molecule has 2 heterocycles. The van der Waals surface area contributed by atoms with E-state index in [2.05, 4.69) is 86.3 Å². The van der Waals surface area contributed by atoms with Crippen LogP contribution in [-0.4, -0.2) is 28.4 Å². The van der Waals surface area contributed by atoms with Crippen LogP contribution in [0, 0.1) is 10.8 Å². The van der Waals surface area contributed by atoms with Crippen LogP contribution in [0.5, 0.6) is 0 Å². The summed E-state index contributed by atoms with van der Waals surface area (Å²) >= 11 is 6.87. The number of para-hydroxylation sites is 1. The van der Waals surface area contributed by atoms with Gasteiger partial charge >= 0.3 is 0 Å². The number of amides is 1. The summed E-state index contributed by atoms with van der Waals surface area (Å²) in [6, 6.07) is 29.5. The van der Waals surface area contributed by atoms with Crippen LogP contribution in [0.4, 0.5) is 0 Å². The predicted octanol–water partition coefficient (Wildman–Crippen LogP) is 9.42. The average molecular weight is 545 g/mol. The molecular weight excluding hydrogens is 512 g/mol. The number of nitrogens with zero attached hydrogens (tertiary/aromatic N) is 2. The van der Waals surface area contributed by atoms with E-state index in [0.29, 0.717) is 10.6 Å². The van der Waals surface area contributed by atoms with Crippen LogP contribution in [0.2, 0.25) is 5.02 Å². The minimum Gasteiger partial charge on any atom is -0.335 e. The van der Waals surface area contributed by atoms with Gasteiger partial charge in [0.15, 0.2) is 0 Å². The highest BCUT2D eigenvalue weighted by molar-refractivity contribution is 6.34. The standard InChI is InChI=1S/C36H33ClN2O/c1-35(2)19-25-20-36(3,21-35)22-39(25)34(40)31-14-13-24(18-32(31)37)26-15-16-29(28-11-5-4-10-27(26)28)30-12-6-8-23-9-7-17-38-33(23)30/h4-18,25H,19-22H2,1-3H3/t25-,36-/m1/s1. The second kappa shape index (κ2) is 9.17. The van der Waals surface area contributed by atoms with Gasteiger partial charge < -0.3 is 4.90 Å². The molecule has 1 amide bonds. The fourth-order valence-corrected chi connectivity index (χ4v) is 8.08. The largest absolute Gasteiger partial charge is 0.335 e. The average Bonchev–Trinajstić information content (AvgIpc) is 3.20. The zero-order valence-electron chi connectivity index (χ0n) is 23.2. The van der Waals surface area contributed by atoms with Gasteiger partial charge in [-0.3, -0.25) is 9.78 Å². The summed E-state index contributed by atoms with van der Waals surface area (Å²) in [7, 11) is 0. The highest BCUT2D eigenvalue weighted by Gasteiger charge is 2.51. The van der Waals surface area contributed by atoms with Crippen LogP contribution >= 0.6 is 11.6 Å². The van der Waals surface area contributed by atoms with Gasteiger partial charge in [-0.15, -0.1) is 0 Å². The molecule has 1 saturated heterocycles. The minimum atomic E-state index is 0.0617. The molecule has 2 atom stereocenters. The molecule has 3 nitrogen and oxygen atoms in total. The van der Waals surface area contributed by atoms with Crippen molar-refractivity contribution in [1.82, 2.24) is 9.88 Å². The Hall–Kier alpha value is -3.69. The monoisotopic (exact) mass is 544 g/mol. The van der Waals surface area contributed by atoms with Crippen molar-refractivity contribution >= 4 is 39.2 Å². The number of likely N-dealkylation sites (tertiary alicyclic amines) is 1. The molecule has 200 valence electrons. The Morgan fingerprint density at radius 2 is 1.60 bits per heavy atom. The van der Waals surface area contributed by atoms with Crippen LogP contribution in [0.15, 0.2) is 91.1 Å². The van der Waals surface area contributed by atoms with Crippen molar-refractivity contribution in [3.63, 3.8) is 0 Å². The zero-order valence-corrected chi connectivity index (χ0v) is 24.0. The van der Waals surface area contributed by atoms with Crippen molar-refractivity contribution in [3.8, 4) is 22.3 Å². The number of rotatable bonds is 3. The first-order valence-corrected chi connectivity index (χ1v) is 14.6. The maximum Gasteiger partial charge on any atom is 0.255 e. The number of pyridine rings is 1. The number of fused-ring (bicyclic) bond motifs is 4. The first-order valence-electron chi connectivity index (χ1n) is 14.2. The fourth-order valence-electron chi connectivity index (χ4n) is 7.82. The second-order valence-corrected chi connectivity index (χ2v) is 13.3. The third kappa shape index (κ3) is 4.19. The van der Waals surface area contributed by atoms with Crippen molar-refractivity contribution < 1.29 is 4.79 Å². The lowest BCUT2D eigenvalue weighted by molar-refractivity contribution is 0.0708. The van der Waals surface area contributed by atoms with Crippen molar-refractivity contribution in [3.05, 3.63) is 102 Å². The van der Waals surface area contributed by atoms with Gasteiger partial charge in [-0.05, 0) is 75.8 Å². The molecule has 1 aliphatic carbocycles.